The van der Waals surface area contributed by atoms with E-state index >= 15 is 0 Å². The number of carbonyl (C=O) groups excluding carboxylic acids is 3. The number of rotatable bonds is 10. The number of likely N-dealkylation sites (tertiary alicyclic amines) is 1. The lowest BCUT2D eigenvalue weighted by atomic mass is 9.79. The Labute approximate surface area is 200 Å². The topological polar surface area (TPSA) is 104 Å². The minimum Gasteiger partial charge on any atom is -0.480 e. The van der Waals surface area contributed by atoms with Gasteiger partial charge in [-0.2, -0.15) is 0 Å². The van der Waals surface area contributed by atoms with Gasteiger partial charge in [-0.3, -0.25) is 14.4 Å². The summed E-state index contributed by atoms with van der Waals surface area (Å²) >= 11 is 0. The van der Waals surface area contributed by atoms with E-state index in [9.17, 15) is 24.3 Å². The average molecular weight is 465 g/mol. The third-order valence-electron chi connectivity index (χ3n) is 6.74. The van der Waals surface area contributed by atoms with E-state index in [-0.39, 0.29) is 18.1 Å². The fraction of sp³-hybridized carbons (Fsp3) is 0.407. The second kappa shape index (κ2) is 11.1. The summed E-state index contributed by atoms with van der Waals surface area (Å²) in [7, 11) is 0. The van der Waals surface area contributed by atoms with E-state index in [4.69, 9.17) is 0 Å². The summed E-state index contributed by atoms with van der Waals surface area (Å²) in [5.74, 6) is -2.06. The maximum absolute atomic E-state index is 13.3. The second-order valence-electron chi connectivity index (χ2n) is 8.75. The van der Waals surface area contributed by atoms with Crippen molar-refractivity contribution in [2.45, 2.75) is 52.0 Å². The zero-order chi connectivity index (χ0) is 24.7. The van der Waals surface area contributed by atoms with Crippen LogP contribution in [0.3, 0.4) is 0 Å². The zero-order valence-electron chi connectivity index (χ0n) is 19.8. The van der Waals surface area contributed by atoms with Crippen molar-refractivity contribution in [3.05, 3.63) is 71.3 Å². The predicted octanol–water partition coefficient (Wildman–Crippen LogP) is 3.46. The molecule has 1 saturated heterocycles. The van der Waals surface area contributed by atoms with Crippen LogP contribution in [0.1, 0.15) is 61.0 Å². The summed E-state index contributed by atoms with van der Waals surface area (Å²) in [6, 6.07) is 14.4. The molecule has 7 nitrogen and oxygen atoms in total. The van der Waals surface area contributed by atoms with E-state index in [1.807, 2.05) is 6.07 Å². The maximum atomic E-state index is 13.3. The molecule has 1 aliphatic heterocycles. The molecule has 7 heteroatoms. The number of carboxylic acid groups (broad SMARTS) is 1. The number of nitrogens with one attached hydrogen (secondary N) is 1. The number of hydrogen-bond acceptors (Lipinski definition) is 4. The third-order valence-corrected chi connectivity index (χ3v) is 6.74. The van der Waals surface area contributed by atoms with Crippen LogP contribution in [0.2, 0.25) is 0 Å². The van der Waals surface area contributed by atoms with Gasteiger partial charge in [-0.1, -0.05) is 68.4 Å². The highest BCUT2D eigenvalue weighted by Gasteiger charge is 2.46. The number of ketones is 1. The van der Waals surface area contributed by atoms with Gasteiger partial charge in [0.05, 0.1) is 0 Å². The van der Waals surface area contributed by atoms with Gasteiger partial charge in [-0.05, 0) is 31.2 Å². The Balaban J connectivity index is 1.73. The Bertz CT molecular complexity index is 1020. The molecule has 0 aliphatic carbocycles. The van der Waals surface area contributed by atoms with E-state index in [2.05, 4.69) is 5.32 Å². The number of hydrogen-bond donors (Lipinski definition) is 2. The molecule has 34 heavy (non-hydrogen) atoms. The number of nitrogens with zero attached hydrogens (tertiary/aromatic N) is 1. The molecule has 1 atom stereocenters. The van der Waals surface area contributed by atoms with Crippen molar-refractivity contribution < 1.29 is 24.3 Å². The monoisotopic (exact) mass is 464 g/mol. The number of aliphatic carboxylic acids is 1. The van der Waals surface area contributed by atoms with Crippen molar-refractivity contribution in [3.63, 3.8) is 0 Å². The first kappa shape index (κ1) is 25.1. The molecular weight excluding hydrogens is 432 g/mol. The minimum absolute atomic E-state index is 0.0439. The van der Waals surface area contributed by atoms with Gasteiger partial charge >= 0.3 is 5.97 Å². The smallest absolute Gasteiger partial charge is 0.326 e. The fourth-order valence-electron chi connectivity index (χ4n) is 4.47. The SMILES string of the molecule is CCC(CC)(C(=O)N[C@@H](Cc1ccc(C(=O)c2ccccc2)cc1)C(=O)O)C(=O)N1CCCC1. The van der Waals surface area contributed by atoms with E-state index in [0.29, 0.717) is 42.6 Å². The van der Waals surface area contributed by atoms with E-state index in [0.717, 1.165) is 12.8 Å². The Hall–Kier alpha value is -3.48. The van der Waals surface area contributed by atoms with Crippen molar-refractivity contribution in [2.75, 3.05) is 13.1 Å². The van der Waals surface area contributed by atoms with Crippen LogP contribution in [-0.2, 0) is 20.8 Å². The molecule has 180 valence electrons. The average Bonchev–Trinajstić information content (AvgIpc) is 3.40. The molecule has 1 heterocycles. The van der Waals surface area contributed by atoms with Crippen LogP contribution < -0.4 is 5.32 Å². The molecule has 1 aliphatic rings. The Kier molecular flexibility index (Phi) is 8.21. The Morgan fingerprint density at radius 2 is 1.47 bits per heavy atom. The molecule has 2 aromatic carbocycles. The summed E-state index contributed by atoms with van der Waals surface area (Å²) in [6.07, 6.45) is 2.47. The first-order valence-electron chi connectivity index (χ1n) is 11.8. The number of carbonyl (C=O) groups is 4. The van der Waals surface area contributed by atoms with Crippen molar-refractivity contribution in [1.29, 1.82) is 0 Å². The summed E-state index contributed by atoms with van der Waals surface area (Å²) in [5, 5.41) is 12.4. The lowest BCUT2D eigenvalue weighted by Gasteiger charge is -2.34. The zero-order valence-corrected chi connectivity index (χ0v) is 19.8. The fourth-order valence-corrected chi connectivity index (χ4v) is 4.47. The van der Waals surface area contributed by atoms with Gasteiger partial charge in [0.25, 0.3) is 0 Å². The summed E-state index contributed by atoms with van der Waals surface area (Å²) in [6.45, 7) is 4.83. The molecule has 0 saturated carbocycles. The molecule has 1 fully saturated rings. The molecule has 2 aromatic rings. The first-order valence-corrected chi connectivity index (χ1v) is 11.8. The van der Waals surface area contributed by atoms with E-state index in [1.165, 1.54) is 0 Å². The first-order chi connectivity index (χ1) is 16.3. The van der Waals surface area contributed by atoms with Crippen molar-refractivity contribution >= 4 is 23.6 Å². The molecule has 0 unspecified atom stereocenters. The van der Waals surface area contributed by atoms with E-state index < -0.39 is 23.3 Å². The normalized spacial score (nSPS) is 14.5. The second-order valence-corrected chi connectivity index (χ2v) is 8.75. The van der Waals surface area contributed by atoms with Gasteiger partial charge in [0.15, 0.2) is 5.78 Å². The van der Waals surface area contributed by atoms with Crippen LogP contribution in [0.4, 0.5) is 0 Å². The number of amides is 2. The molecule has 2 N–H and O–H groups in total. The minimum atomic E-state index is -1.27. The highest BCUT2D eigenvalue weighted by atomic mass is 16.4. The van der Waals surface area contributed by atoms with Crippen LogP contribution in [0.25, 0.3) is 0 Å². The molecule has 0 bridgehead atoms. The maximum Gasteiger partial charge on any atom is 0.326 e. The van der Waals surface area contributed by atoms with Gasteiger partial charge in [-0.15, -0.1) is 0 Å². The van der Waals surface area contributed by atoms with Gasteiger partial charge in [-0.25, -0.2) is 4.79 Å². The molecular formula is C27H32N2O5. The molecule has 0 radical (unpaired) electrons. The van der Waals surface area contributed by atoms with Crippen LogP contribution in [0, 0.1) is 5.41 Å². The van der Waals surface area contributed by atoms with Gasteiger partial charge in [0.2, 0.25) is 11.8 Å². The molecule has 2 amide bonds. The largest absolute Gasteiger partial charge is 0.480 e. The van der Waals surface area contributed by atoms with Crippen LogP contribution in [-0.4, -0.2) is 52.7 Å². The predicted molar refractivity (Wildman–Crippen MR) is 128 cm³/mol. The van der Waals surface area contributed by atoms with Gasteiger partial charge in [0.1, 0.15) is 11.5 Å². The molecule has 3 rings (SSSR count). The molecule has 0 spiro atoms. The van der Waals surface area contributed by atoms with Crippen LogP contribution in [0.15, 0.2) is 54.6 Å². The van der Waals surface area contributed by atoms with Gasteiger partial charge in [0, 0.05) is 30.6 Å². The summed E-state index contributed by atoms with van der Waals surface area (Å²) in [5.41, 5.74) is 0.466. The number of carboxylic acids is 1. The Morgan fingerprint density at radius 1 is 0.912 bits per heavy atom. The van der Waals surface area contributed by atoms with Crippen molar-refractivity contribution in [2.24, 2.45) is 5.41 Å². The van der Waals surface area contributed by atoms with Gasteiger partial charge < -0.3 is 15.3 Å². The third kappa shape index (κ3) is 5.35. The van der Waals surface area contributed by atoms with Crippen molar-refractivity contribution in [3.8, 4) is 0 Å². The molecule has 0 aromatic heterocycles. The number of benzene rings is 2. The van der Waals surface area contributed by atoms with Crippen LogP contribution in [0.5, 0.6) is 0 Å². The lowest BCUT2D eigenvalue weighted by molar-refractivity contribution is -0.153. The van der Waals surface area contributed by atoms with E-state index in [1.54, 1.807) is 67.3 Å². The summed E-state index contributed by atoms with van der Waals surface area (Å²) < 4.78 is 0. The lowest BCUT2D eigenvalue weighted by Crippen LogP contribution is -2.55. The van der Waals surface area contributed by atoms with Crippen LogP contribution >= 0.6 is 0 Å². The highest BCUT2D eigenvalue weighted by molar-refractivity contribution is 6.09. The summed E-state index contributed by atoms with van der Waals surface area (Å²) in [4.78, 5) is 52.7. The standard InChI is InChI=1S/C27H32N2O5/c1-3-27(4-2,26(34)29-16-8-9-17-29)25(33)28-22(24(31)32)18-19-12-14-21(15-13-19)23(30)20-10-6-5-7-11-20/h5-7,10-15,22H,3-4,8-9,16-18H2,1-2H3,(H,28,33)(H,31,32)/t22-/m0/s1. The quantitative estimate of drug-likeness (QED) is 0.414. The van der Waals surface area contributed by atoms with Crippen molar-refractivity contribution in [1.82, 2.24) is 10.2 Å². The Morgan fingerprint density at radius 3 is 2.00 bits per heavy atom. The highest BCUT2D eigenvalue weighted by Crippen LogP contribution is 2.31.